The third-order valence-corrected chi connectivity index (χ3v) is 5.39. The van der Waals surface area contributed by atoms with E-state index in [9.17, 15) is 18.0 Å². The number of nitrogens with zero attached hydrogens (tertiary/aromatic N) is 2. The molecule has 0 saturated heterocycles. The van der Waals surface area contributed by atoms with Crippen LogP contribution in [0.3, 0.4) is 0 Å². The minimum Gasteiger partial charge on any atom is -0.443 e. The van der Waals surface area contributed by atoms with Crippen LogP contribution in [-0.2, 0) is 14.8 Å². The fourth-order valence-electron chi connectivity index (χ4n) is 1.79. The maximum atomic E-state index is 13.0. The Hall–Kier alpha value is -1.97. The maximum absolute atomic E-state index is 13.0. The molecule has 1 aromatic heterocycles. The summed E-state index contributed by atoms with van der Waals surface area (Å²) in [5.74, 6) is -0.0881. The summed E-state index contributed by atoms with van der Waals surface area (Å²) in [6, 6.07) is 3.55. The lowest BCUT2D eigenvalue weighted by Crippen LogP contribution is -2.41. The van der Waals surface area contributed by atoms with E-state index in [0.717, 1.165) is 17.4 Å². The first kappa shape index (κ1) is 19.4. The quantitative estimate of drug-likeness (QED) is 0.723. The molecule has 0 fully saturated rings. The molecule has 0 aliphatic rings. The van der Waals surface area contributed by atoms with Crippen molar-refractivity contribution in [2.45, 2.75) is 31.3 Å². The zero-order valence-corrected chi connectivity index (χ0v) is 16.0. The number of rotatable bonds is 4. The van der Waals surface area contributed by atoms with E-state index in [0.29, 0.717) is 10.6 Å². The lowest BCUT2D eigenvalue weighted by atomic mass is 10.2. The number of halogens is 1. The summed E-state index contributed by atoms with van der Waals surface area (Å²) in [6.45, 7) is 4.85. The third-order valence-electron chi connectivity index (χ3n) is 2.82. The molecule has 0 aliphatic heterocycles. The number of carbonyl (C=O) groups is 2. The second kappa shape index (κ2) is 7.11. The standard InChI is InChI=1S/C15H15ClN2O5S2/c1-15(2,3)23-14(20)18(13-8-24-9-17-13)25(21,22)11-5-4-10(7-19)12(16)6-11/h4-9H,1-3H3. The first-order valence-electron chi connectivity index (χ1n) is 6.97. The lowest BCUT2D eigenvalue weighted by Gasteiger charge is -2.25. The van der Waals surface area contributed by atoms with Crippen LogP contribution in [0.4, 0.5) is 10.6 Å². The number of ether oxygens (including phenoxy) is 1. The normalized spacial score (nSPS) is 11.8. The van der Waals surface area contributed by atoms with E-state index in [1.165, 1.54) is 23.0 Å². The van der Waals surface area contributed by atoms with Crippen molar-refractivity contribution in [3.8, 4) is 0 Å². The van der Waals surface area contributed by atoms with Gasteiger partial charge >= 0.3 is 6.09 Å². The number of aldehydes is 1. The molecule has 0 spiro atoms. The number of hydrogen-bond acceptors (Lipinski definition) is 7. The van der Waals surface area contributed by atoms with Crippen molar-refractivity contribution in [3.05, 3.63) is 39.7 Å². The molecule has 134 valence electrons. The Bertz CT molecular complexity index is 889. The van der Waals surface area contributed by atoms with Crippen LogP contribution in [-0.4, -0.2) is 31.4 Å². The van der Waals surface area contributed by atoms with Crippen molar-refractivity contribution in [3.63, 3.8) is 0 Å². The summed E-state index contributed by atoms with van der Waals surface area (Å²) in [4.78, 5) is 27.0. The van der Waals surface area contributed by atoms with Gasteiger partial charge in [0, 0.05) is 10.9 Å². The van der Waals surface area contributed by atoms with Crippen molar-refractivity contribution in [2.24, 2.45) is 0 Å². The zero-order chi connectivity index (χ0) is 18.8. The number of hydrogen-bond donors (Lipinski definition) is 0. The van der Waals surface area contributed by atoms with Gasteiger partial charge in [0.1, 0.15) is 5.60 Å². The number of anilines is 1. The maximum Gasteiger partial charge on any atom is 0.430 e. The summed E-state index contributed by atoms with van der Waals surface area (Å²) >= 11 is 7.03. The lowest BCUT2D eigenvalue weighted by molar-refractivity contribution is 0.0608. The van der Waals surface area contributed by atoms with Crippen LogP contribution >= 0.6 is 22.9 Å². The van der Waals surface area contributed by atoms with Gasteiger partial charge in [0.05, 0.1) is 15.4 Å². The average Bonchev–Trinajstić information content (AvgIpc) is 2.98. The molecule has 0 unspecified atom stereocenters. The summed E-state index contributed by atoms with van der Waals surface area (Å²) < 4.78 is 31.6. The Morgan fingerprint density at radius 1 is 1.36 bits per heavy atom. The fraction of sp³-hybridized carbons (Fsp3) is 0.267. The summed E-state index contributed by atoms with van der Waals surface area (Å²) in [7, 11) is -4.34. The summed E-state index contributed by atoms with van der Waals surface area (Å²) in [5, 5.41) is 1.36. The largest absolute Gasteiger partial charge is 0.443 e. The highest BCUT2D eigenvalue weighted by molar-refractivity contribution is 7.93. The van der Waals surface area contributed by atoms with Crippen LogP contribution in [0.1, 0.15) is 31.1 Å². The predicted octanol–water partition coefficient (Wildman–Crippen LogP) is 3.74. The topological polar surface area (TPSA) is 93.6 Å². The van der Waals surface area contributed by atoms with Gasteiger partial charge in [0.25, 0.3) is 10.0 Å². The van der Waals surface area contributed by atoms with Gasteiger partial charge in [-0.15, -0.1) is 15.6 Å². The fourth-order valence-corrected chi connectivity index (χ4v) is 3.97. The van der Waals surface area contributed by atoms with Gasteiger partial charge in [-0.1, -0.05) is 11.6 Å². The van der Waals surface area contributed by atoms with Crippen LogP contribution in [0.5, 0.6) is 0 Å². The molecule has 0 bridgehead atoms. The van der Waals surface area contributed by atoms with Gasteiger partial charge in [-0.3, -0.25) is 4.79 Å². The van der Waals surface area contributed by atoms with E-state index < -0.39 is 21.7 Å². The number of carbonyl (C=O) groups excluding carboxylic acids is 2. The molecule has 1 heterocycles. The molecule has 2 rings (SSSR count). The van der Waals surface area contributed by atoms with Crippen molar-refractivity contribution in [2.75, 3.05) is 4.31 Å². The van der Waals surface area contributed by atoms with E-state index >= 15 is 0 Å². The minimum atomic E-state index is -4.34. The zero-order valence-electron chi connectivity index (χ0n) is 13.6. The predicted molar refractivity (Wildman–Crippen MR) is 94.9 cm³/mol. The molecule has 0 N–H and O–H groups in total. The number of aromatic nitrogens is 1. The van der Waals surface area contributed by atoms with E-state index in [4.69, 9.17) is 16.3 Å². The molecule has 0 aliphatic carbocycles. The third kappa shape index (κ3) is 4.36. The van der Waals surface area contributed by atoms with Crippen molar-refractivity contribution in [1.29, 1.82) is 0 Å². The monoisotopic (exact) mass is 402 g/mol. The molecular weight excluding hydrogens is 388 g/mol. The number of amides is 1. The van der Waals surface area contributed by atoms with Crippen molar-refractivity contribution < 1.29 is 22.7 Å². The SMILES string of the molecule is CC(C)(C)OC(=O)N(c1cscn1)S(=O)(=O)c1ccc(C=O)c(Cl)c1. The molecule has 10 heteroatoms. The van der Waals surface area contributed by atoms with Gasteiger partial charge in [0.15, 0.2) is 12.1 Å². The van der Waals surface area contributed by atoms with Crippen molar-refractivity contribution >= 4 is 51.2 Å². The summed E-state index contributed by atoms with van der Waals surface area (Å²) in [6.07, 6.45) is -0.584. The molecule has 0 saturated carbocycles. The Morgan fingerprint density at radius 2 is 2.04 bits per heavy atom. The van der Waals surface area contributed by atoms with E-state index in [-0.39, 0.29) is 21.3 Å². The molecule has 0 atom stereocenters. The second-order valence-electron chi connectivity index (χ2n) is 5.90. The molecule has 1 amide bonds. The minimum absolute atomic E-state index is 0.0431. The molecule has 2 aromatic rings. The Balaban J connectivity index is 2.54. The van der Waals surface area contributed by atoms with Crippen LogP contribution in [0.2, 0.25) is 5.02 Å². The number of benzene rings is 1. The first-order chi connectivity index (χ1) is 11.6. The average molecular weight is 403 g/mol. The molecular formula is C15H15ClN2O5S2. The van der Waals surface area contributed by atoms with Gasteiger partial charge in [0.2, 0.25) is 0 Å². The highest BCUT2D eigenvalue weighted by Crippen LogP contribution is 2.28. The molecule has 7 nitrogen and oxygen atoms in total. The molecule has 25 heavy (non-hydrogen) atoms. The van der Waals surface area contributed by atoms with Gasteiger partial charge in [-0.05, 0) is 39.0 Å². The number of thiazole rings is 1. The van der Waals surface area contributed by atoms with E-state index in [1.807, 2.05) is 0 Å². The summed E-state index contributed by atoms with van der Waals surface area (Å²) in [5.41, 5.74) is 0.628. The Labute approximate surface area is 154 Å². The smallest absolute Gasteiger partial charge is 0.430 e. The van der Waals surface area contributed by atoms with E-state index in [1.54, 1.807) is 20.8 Å². The highest BCUT2D eigenvalue weighted by atomic mass is 35.5. The van der Waals surface area contributed by atoms with Crippen LogP contribution in [0.15, 0.2) is 34.0 Å². The Kier molecular flexibility index (Phi) is 5.50. The second-order valence-corrected chi connectivity index (χ2v) is 8.81. The van der Waals surface area contributed by atoms with E-state index in [2.05, 4.69) is 4.98 Å². The molecule has 1 aromatic carbocycles. The van der Waals surface area contributed by atoms with Gasteiger partial charge in [-0.25, -0.2) is 18.2 Å². The van der Waals surface area contributed by atoms with Crippen LogP contribution in [0.25, 0.3) is 0 Å². The van der Waals surface area contributed by atoms with Gasteiger partial charge in [-0.2, -0.15) is 0 Å². The van der Waals surface area contributed by atoms with Crippen LogP contribution in [0, 0.1) is 0 Å². The Morgan fingerprint density at radius 3 is 2.52 bits per heavy atom. The van der Waals surface area contributed by atoms with Crippen molar-refractivity contribution in [1.82, 2.24) is 4.98 Å². The number of sulfonamides is 1. The molecule has 0 radical (unpaired) electrons. The van der Waals surface area contributed by atoms with Gasteiger partial charge < -0.3 is 4.74 Å². The first-order valence-corrected chi connectivity index (χ1v) is 9.73. The van der Waals surface area contributed by atoms with Crippen LogP contribution < -0.4 is 4.31 Å². The highest BCUT2D eigenvalue weighted by Gasteiger charge is 2.36.